The molecule has 1 N–H and O–H groups in total. The molecule has 2 aromatic rings. The molecule has 0 bridgehead atoms. The van der Waals surface area contributed by atoms with Gasteiger partial charge in [-0.25, -0.2) is 4.79 Å². The molecular weight excluding hydrogens is 320 g/mol. The van der Waals surface area contributed by atoms with Crippen LogP contribution in [0.3, 0.4) is 0 Å². The van der Waals surface area contributed by atoms with Gasteiger partial charge in [-0.15, -0.1) is 5.10 Å². The summed E-state index contributed by atoms with van der Waals surface area (Å²) in [7, 11) is 1.61. The van der Waals surface area contributed by atoms with Gasteiger partial charge >= 0.3 is 6.03 Å². The van der Waals surface area contributed by atoms with Crippen LogP contribution < -0.4 is 10.1 Å². The molecule has 0 aromatic carbocycles. The Balaban J connectivity index is 1.50. The van der Waals surface area contributed by atoms with Crippen LogP contribution in [0.1, 0.15) is 31.4 Å². The van der Waals surface area contributed by atoms with Gasteiger partial charge in [0, 0.05) is 37.6 Å². The summed E-state index contributed by atoms with van der Waals surface area (Å²) in [5, 5.41) is 10.9. The van der Waals surface area contributed by atoms with E-state index >= 15 is 0 Å². The Morgan fingerprint density at radius 1 is 1.40 bits per heavy atom. The molecule has 3 heterocycles. The SMILES string of the molecule is COc1cnccc1[C@@H](C)NC(=O)N1CCC(Cn2ccnn2)CC1. The lowest BCUT2D eigenvalue weighted by Gasteiger charge is -2.32. The number of amides is 2. The molecular formula is C17H24N6O2. The second-order valence-electron chi connectivity index (χ2n) is 6.34. The van der Waals surface area contributed by atoms with Crippen LogP contribution in [0.25, 0.3) is 0 Å². The highest BCUT2D eigenvalue weighted by atomic mass is 16.5. The lowest BCUT2D eigenvalue weighted by Crippen LogP contribution is -2.45. The van der Waals surface area contributed by atoms with Gasteiger partial charge in [0.2, 0.25) is 0 Å². The second kappa shape index (κ2) is 7.96. The van der Waals surface area contributed by atoms with Crippen molar-refractivity contribution in [3.8, 4) is 5.75 Å². The number of methoxy groups -OCH3 is 1. The predicted molar refractivity (Wildman–Crippen MR) is 92.1 cm³/mol. The standard InChI is InChI=1S/C17H24N6O2/c1-13(15-3-6-18-11-16(15)25-2)20-17(24)22-8-4-14(5-9-22)12-23-10-7-19-21-23/h3,6-7,10-11,13-14H,4-5,8-9,12H2,1-2H3,(H,20,24)/t13-/m1/s1. The topological polar surface area (TPSA) is 85.2 Å². The Labute approximate surface area is 147 Å². The van der Waals surface area contributed by atoms with Crippen LogP contribution in [0.4, 0.5) is 4.79 Å². The zero-order valence-corrected chi connectivity index (χ0v) is 14.6. The maximum absolute atomic E-state index is 12.5. The number of hydrogen-bond donors (Lipinski definition) is 1. The van der Waals surface area contributed by atoms with Crippen molar-refractivity contribution in [2.45, 2.75) is 32.4 Å². The summed E-state index contributed by atoms with van der Waals surface area (Å²) in [6, 6.07) is 1.69. The van der Waals surface area contributed by atoms with Gasteiger partial charge in [0.1, 0.15) is 5.75 Å². The van der Waals surface area contributed by atoms with Gasteiger partial charge < -0.3 is 15.0 Å². The van der Waals surface area contributed by atoms with E-state index in [1.807, 2.05) is 28.8 Å². The number of carbonyl (C=O) groups excluding carboxylic acids is 1. The highest BCUT2D eigenvalue weighted by Crippen LogP contribution is 2.24. The van der Waals surface area contributed by atoms with Crippen LogP contribution in [0.2, 0.25) is 0 Å². The molecule has 8 heteroatoms. The molecule has 25 heavy (non-hydrogen) atoms. The highest BCUT2D eigenvalue weighted by Gasteiger charge is 2.24. The van der Waals surface area contributed by atoms with Crippen molar-refractivity contribution in [3.63, 3.8) is 0 Å². The van der Waals surface area contributed by atoms with E-state index in [4.69, 9.17) is 4.74 Å². The molecule has 1 aliphatic rings. The van der Waals surface area contributed by atoms with Crippen LogP contribution in [0.15, 0.2) is 30.9 Å². The fraction of sp³-hybridized carbons (Fsp3) is 0.529. The van der Waals surface area contributed by atoms with Gasteiger partial charge in [0.25, 0.3) is 0 Å². The van der Waals surface area contributed by atoms with Crippen LogP contribution in [0, 0.1) is 5.92 Å². The van der Waals surface area contributed by atoms with Crippen LogP contribution in [0.5, 0.6) is 5.75 Å². The van der Waals surface area contributed by atoms with Gasteiger partial charge in [0.05, 0.1) is 25.5 Å². The first-order valence-corrected chi connectivity index (χ1v) is 8.55. The number of likely N-dealkylation sites (tertiary alicyclic amines) is 1. The zero-order chi connectivity index (χ0) is 17.6. The first-order valence-electron chi connectivity index (χ1n) is 8.55. The number of pyridine rings is 1. The molecule has 0 saturated carbocycles. The molecule has 3 rings (SSSR count). The van der Waals surface area contributed by atoms with E-state index in [0.29, 0.717) is 11.7 Å². The van der Waals surface area contributed by atoms with E-state index in [1.165, 1.54) is 0 Å². The van der Waals surface area contributed by atoms with E-state index in [2.05, 4.69) is 20.6 Å². The fourth-order valence-electron chi connectivity index (χ4n) is 3.19. The molecule has 2 aromatic heterocycles. The number of aromatic nitrogens is 4. The molecule has 0 spiro atoms. The molecule has 8 nitrogen and oxygen atoms in total. The van der Waals surface area contributed by atoms with Crippen LogP contribution in [-0.2, 0) is 6.54 Å². The van der Waals surface area contributed by atoms with Gasteiger partial charge in [0.15, 0.2) is 0 Å². The summed E-state index contributed by atoms with van der Waals surface area (Å²) in [6.07, 6.45) is 8.88. The van der Waals surface area contributed by atoms with Crippen molar-refractivity contribution in [2.75, 3.05) is 20.2 Å². The van der Waals surface area contributed by atoms with Crippen molar-refractivity contribution >= 4 is 6.03 Å². The van der Waals surface area contributed by atoms with Gasteiger partial charge in [-0.3, -0.25) is 9.67 Å². The summed E-state index contributed by atoms with van der Waals surface area (Å²) in [5.74, 6) is 1.21. The minimum absolute atomic E-state index is 0.0365. The largest absolute Gasteiger partial charge is 0.495 e. The number of hydrogen-bond acceptors (Lipinski definition) is 5. The Bertz CT molecular complexity index is 682. The zero-order valence-electron chi connectivity index (χ0n) is 14.6. The molecule has 1 atom stereocenters. The average molecular weight is 344 g/mol. The minimum Gasteiger partial charge on any atom is -0.495 e. The van der Waals surface area contributed by atoms with Gasteiger partial charge in [-0.2, -0.15) is 0 Å². The molecule has 1 aliphatic heterocycles. The van der Waals surface area contributed by atoms with Crippen molar-refractivity contribution in [1.29, 1.82) is 0 Å². The lowest BCUT2D eigenvalue weighted by atomic mass is 9.97. The Morgan fingerprint density at radius 3 is 2.88 bits per heavy atom. The van der Waals surface area contributed by atoms with E-state index in [9.17, 15) is 4.79 Å². The number of carbonyl (C=O) groups is 1. The molecule has 0 unspecified atom stereocenters. The predicted octanol–water partition coefficient (Wildman–Crippen LogP) is 1.86. The monoisotopic (exact) mass is 344 g/mol. The maximum Gasteiger partial charge on any atom is 0.317 e. The van der Waals surface area contributed by atoms with E-state index in [1.54, 1.807) is 25.7 Å². The Hall–Kier alpha value is -2.64. The number of ether oxygens (including phenoxy) is 1. The van der Waals surface area contributed by atoms with E-state index in [0.717, 1.165) is 38.0 Å². The summed E-state index contributed by atoms with van der Waals surface area (Å²) < 4.78 is 7.18. The van der Waals surface area contributed by atoms with Crippen molar-refractivity contribution in [1.82, 2.24) is 30.2 Å². The number of urea groups is 1. The summed E-state index contributed by atoms with van der Waals surface area (Å²) in [4.78, 5) is 18.5. The molecule has 134 valence electrons. The third-order valence-corrected chi connectivity index (χ3v) is 4.66. The maximum atomic E-state index is 12.5. The summed E-state index contributed by atoms with van der Waals surface area (Å²) in [5.41, 5.74) is 0.923. The lowest BCUT2D eigenvalue weighted by molar-refractivity contribution is 0.161. The first-order chi connectivity index (χ1) is 12.2. The Kier molecular flexibility index (Phi) is 5.47. The van der Waals surface area contributed by atoms with Crippen LogP contribution in [-0.4, -0.2) is 51.1 Å². The third-order valence-electron chi connectivity index (χ3n) is 4.66. The summed E-state index contributed by atoms with van der Waals surface area (Å²) in [6.45, 7) is 4.32. The number of nitrogens with one attached hydrogen (secondary N) is 1. The first kappa shape index (κ1) is 17.2. The molecule has 1 saturated heterocycles. The number of nitrogens with zero attached hydrogens (tertiary/aromatic N) is 5. The second-order valence-corrected chi connectivity index (χ2v) is 6.34. The quantitative estimate of drug-likeness (QED) is 0.895. The van der Waals surface area contributed by atoms with E-state index < -0.39 is 0 Å². The average Bonchev–Trinajstić information content (AvgIpc) is 3.15. The minimum atomic E-state index is -0.140. The van der Waals surface area contributed by atoms with Crippen LogP contribution >= 0.6 is 0 Å². The Morgan fingerprint density at radius 2 is 2.20 bits per heavy atom. The number of piperidine rings is 1. The molecule has 2 amide bonds. The van der Waals surface area contributed by atoms with Crippen molar-refractivity contribution < 1.29 is 9.53 Å². The summed E-state index contributed by atoms with van der Waals surface area (Å²) >= 11 is 0. The van der Waals surface area contributed by atoms with Crippen molar-refractivity contribution in [3.05, 3.63) is 36.4 Å². The highest BCUT2D eigenvalue weighted by molar-refractivity contribution is 5.75. The third kappa shape index (κ3) is 4.26. The molecule has 1 fully saturated rings. The van der Waals surface area contributed by atoms with Crippen molar-refractivity contribution in [2.24, 2.45) is 5.92 Å². The normalized spacial score (nSPS) is 16.5. The van der Waals surface area contributed by atoms with E-state index in [-0.39, 0.29) is 12.1 Å². The molecule has 0 radical (unpaired) electrons. The number of rotatable bonds is 5. The van der Waals surface area contributed by atoms with Gasteiger partial charge in [-0.1, -0.05) is 5.21 Å². The smallest absolute Gasteiger partial charge is 0.317 e. The fourth-order valence-corrected chi connectivity index (χ4v) is 3.19. The molecule has 0 aliphatic carbocycles. The van der Waals surface area contributed by atoms with Gasteiger partial charge in [-0.05, 0) is 31.7 Å².